The Bertz CT molecular complexity index is 1290. The number of aromatic nitrogens is 3. The Morgan fingerprint density at radius 1 is 1.19 bits per heavy atom. The Labute approximate surface area is 187 Å². The van der Waals surface area contributed by atoms with E-state index in [1.54, 1.807) is 11.8 Å². The van der Waals surface area contributed by atoms with E-state index in [1.165, 1.54) is 0 Å². The number of rotatable bonds is 9. The third-order valence-corrected chi connectivity index (χ3v) is 5.84. The van der Waals surface area contributed by atoms with Gasteiger partial charge in [-0.25, -0.2) is 4.68 Å². The summed E-state index contributed by atoms with van der Waals surface area (Å²) in [6, 6.07) is 13.4. The molecule has 32 heavy (non-hydrogen) atoms. The molecular formula is C24H30N6O2. The summed E-state index contributed by atoms with van der Waals surface area (Å²) >= 11 is 0. The number of nitrogens with two attached hydrogens (primary N) is 1. The first-order valence-electron chi connectivity index (χ1n) is 11.0. The number of H-pyrrole nitrogens is 1. The molecule has 4 N–H and O–H groups in total. The number of hydrogen-bond donors (Lipinski definition) is 3. The third-order valence-electron chi connectivity index (χ3n) is 5.84. The van der Waals surface area contributed by atoms with Gasteiger partial charge in [-0.1, -0.05) is 19.9 Å². The highest BCUT2D eigenvalue weighted by Crippen LogP contribution is 2.28. The van der Waals surface area contributed by atoms with Crippen molar-refractivity contribution in [2.75, 3.05) is 44.3 Å². The summed E-state index contributed by atoms with van der Waals surface area (Å²) in [7, 11) is 1.61. The van der Waals surface area contributed by atoms with Crippen molar-refractivity contribution in [3.63, 3.8) is 0 Å². The zero-order valence-electron chi connectivity index (χ0n) is 18.8. The molecule has 0 aliphatic rings. The van der Waals surface area contributed by atoms with Crippen molar-refractivity contribution in [3.05, 3.63) is 52.8 Å². The van der Waals surface area contributed by atoms with Gasteiger partial charge in [0.25, 0.3) is 5.56 Å². The zero-order chi connectivity index (χ0) is 22.7. The summed E-state index contributed by atoms with van der Waals surface area (Å²) in [4.78, 5) is 18.2. The van der Waals surface area contributed by atoms with Gasteiger partial charge in [0.15, 0.2) is 0 Å². The molecule has 2 aromatic carbocycles. The van der Waals surface area contributed by atoms with Gasteiger partial charge >= 0.3 is 0 Å². The van der Waals surface area contributed by atoms with Crippen LogP contribution in [0.5, 0.6) is 5.75 Å². The number of ether oxygens (including phenoxy) is 1. The number of aromatic amines is 1. The Balaban J connectivity index is 1.65. The molecule has 2 aromatic heterocycles. The number of nitrogens with zero attached hydrogens (tertiary/aromatic N) is 3. The molecular weight excluding hydrogens is 404 g/mol. The van der Waals surface area contributed by atoms with Crippen LogP contribution in [-0.4, -0.2) is 53.0 Å². The van der Waals surface area contributed by atoms with Gasteiger partial charge in [0.05, 0.1) is 18.3 Å². The van der Waals surface area contributed by atoms with E-state index in [9.17, 15) is 4.79 Å². The van der Waals surface area contributed by atoms with Gasteiger partial charge in [0.2, 0.25) is 0 Å². The van der Waals surface area contributed by atoms with Crippen LogP contribution in [0.15, 0.2) is 47.3 Å². The summed E-state index contributed by atoms with van der Waals surface area (Å²) in [6.45, 7) is 8.42. The molecule has 8 nitrogen and oxygen atoms in total. The number of nitrogen functional groups attached to an aromatic ring is 1. The van der Waals surface area contributed by atoms with Crippen molar-refractivity contribution in [1.29, 1.82) is 0 Å². The molecule has 168 valence electrons. The van der Waals surface area contributed by atoms with Crippen LogP contribution in [0.3, 0.4) is 0 Å². The largest absolute Gasteiger partial charge is 0.497 e. The van der Waals surface area contributed by atoms with E-state index < -0.39 is 0 Å². The van der Waals surface area contributed by atoms with E-state index in [0.29, 0.717) is 22.5 Å². The number of nitrogens with one attached hydrogen (secondary N) is 2. The lowest BCUT2D eigenvalue weighted by Gasteiger charge is -2.18. The van der Waals surface area contributed by atoms with Crippen LogP contribution >= 0.6 is 0 Å². The molecule has 4 aromatic rings. The van der Waals surface area contributed by atoms with Crippen molar-refractivity contribution < 1.29 is 4.74 Å². The predicted molar refractivity (Wildman–Crippen MR) is 131 cm³/mol. The molecule has 0 fully saturated rings. The quantitative estimate of drug-likeness (QED) is 0.348. The normalized spacial score (nSPS) is 11.5. The fraction of sp³-hybridized carbons (Fsp3) is 0.333. The van der Waals surface area contributed by atoms with Crippen molar-refractivity contribution in [1.82, 2.24) is 19.7 Å². The fourth-order valence-electron chi connectivity index (χ4n) is 4.01. The molecule has 0 bridgehead atoms. The average molecular weight is 435 g/mol. The van der Waals surface area contributed by atoms with Gasteiger partial charge in [-0.2, -0.15) is 5.10 Å². The summed E-state index contributed by atoms with van der Waals surface area (Å²) in [5.41, 5.74) is 9.09. The first-order chi connectivity index (χ1) is 15.5. The van der Waals surface area contributed by atoms with Crippen LogP contribution in [-0.2, 0) is 0 Å². The molecule has 0 radical (unpaired) electrons. The van der Waals surface area contributed by atoms with Gasteiger partial charge in [-0.3, -0.25) is 4.79 Å². The standard InChI is InChI=1S/C24H30N6O2/c1-4-29(5-2)13-7-12-26-16-10-11-19-20(14-16)27-24(31)21-22(19)28-30(23(21)25)17-8-6-9-18(15-17)32-3/h6,8-11,14-15,26H,4-5,7,12-13,25H2,1-3H3,(H,27,31). The van der Waals surface area contributed by atoms with Gasteiger partial charge in [-0.15, -0.1) is 0 Å². The van der Waals surface area contributed by atoms with Crippen LogP contribution in [0.25, 0.3) is 27.5 Å². The van der Waals surface area contributed by atoms with Crippen molar-refractivity contribution in [2.24, 2.45) is 0 Å². The lowest BCUT2D eigenvalue weighted by atomic mass is 10.1. The first kappa shape index (κ1) is 21.7. The molecule has 0 aliphatic carbocycles. The summed E-state index contributed by atoms with van der Waals surface area (Å²) < 4.78 is 6.89. The number of benzene rings is 2. The van der Waals surface area contributed by atoms with Crippen LogP contribution in [0.1, 0.15) is 20.3 Å². The average Bonchev–Trinajstić information content (AvgIpc) is 3.17. The van der Waals surface area contributed by atoms with Crippen LogP contribution in [0, 0.1) is 0 Å². The Hall–Kier alpha value is -3.52. The molecule has 0 spiro atoms. The van der Waals surface area contributed by atoms with E-state index in [2.05, 4.69) is 34.1 Å². The monoisotopic (exact) mass is 434 g/mol. The van der Waals surface area contributed by atoms with Crippen molar-refractivity contribution in [2.45, 2.75) is 20.3 Å². The van der Waals surface area contributed by atoms with Crippen LogP contribution < -0.4 is 21.3 Å². The van der Waals surface area contributed by atoms with E-state index in [4.69, 9.17) is 10.5 Å². The number of anilines is 2. The second-order valence-corrected chi connectivity index (χ2v) is 7.74. The number of hydrogen-bond acceptors (Lipinski definition) is 6. The van der Waals surface area contributed by atoms with Crippen molar-refractivity contribution in [3.8, 4) is 11.4 Å². The van der Waals surface area contributed by atoms with Gasteiger partial charge in [0, 0.05) is 23.7 Å². The highest BCUT2D eigenvalue weighted by atomic mass is 16.5. The zero-order valence-corrected chi connectivity index (χ0v) is 18.8. The highest BCUT2D eigenvalue weighted by Gasteiger charge is 2.17. The van der Waals surface area contributed by atoms with E-state index in [0.717, 1.165) is 54.9 Å². The molecule has 0 atom stereocenters. The van der Waals surface area contributed by atoms with Crippen molar-refractivity contribution >= 4 is 33.3 Å². The summed E-state index contributed by atoms with van der Waals surface area (Å²) in [5.74, 6) is 0.993. The second-order valence-electron chi connectivity index (χ2n) is 7.74. The molecule has 4 rings (SSSR count). The predicted octanol–water partition coefficient (Wildman–Crippen LogP) is 3.60. The lowest BCUT2D eigenvalue weighted by molar-refractivity contribution is 0.303. The second kappa shape index (κ2) is 9.32. The van der Waals surface area contributed by atoms with Crippen LogP contribution in [0.4, 0.5) is 11.5 Å². The molecule has 8 heteroatoms. The topological polar surface area (TPSA) is 101 Å². The fourth-order valence-corrected chi connectivity index (χ4v) is 4.01. The maximum atomic E-state index is 12.9. The number of pyridine rings is 1. The number of methoxy groups -OCH3 is 1. The minimum Gasteiger partial charge on any atom is -0.497 e. The van der Waals surface area contributed by atoms with Crippen LogP contribution in [0.2, 0.25) is 0 Å². The molecule has 2 heterocycles. The Kier molecular flexibility index (Phi) is 6.32. The highest BCUT2D eigenvalue weighted by molar-refractivity contribution is 6.07. The minimum absolute atomic E-state index is 0.252. The van der Waals surface area contributed by atoms with Gasteiger partial charge < -0.3 is 25.7 Å². The molecule has 0 saturated heterocycles. The molecule has 0 aliphatic heterocycles. The summed E-state index contributed by atoms with van der Waals surface area (Å²) in [5, 5.41) is 9.37. The molecule has 0 amide bonds. The molecule has 0 unspecified atom stereocenters. The smallest absolute Gasteiger partial charge is 0.261 e. The molecule has 0 saturated carbocycles. The Morgan fingerprint density at radius 3 is 2.75 bits per heavy atom. The SMILES string of the molecule is CCN(CC)CCCNc1ccc2c(c1)[nH]c(=O)c1c(N)n(-c3cccc(OC)c3)nc12. The summed E-state index contributed by atoms with van der Waals surface area (Å²) in [6.07, 6.45) is 1.05. The maximum absolute atomic E-state index is 12.9. The lowest BCUT2D eigenvalue weighted by Crippen LogP contribution is -2.25. The van der Waals surface area contributed by atoms with E-state index in [-0.39, 0.29) is 5.56 Å². The van der Waals surface area contributed by atoms with Gasteiger partial charge in [-0.05, 0) is 56.4 Å². The third kappa shape index (κ3) is 4.13. The Morgan fingerprint density at radius 2 is 2.00 bits per heavy atom. The van der Waals surface area contributed by atoms with Gasteiger partial charge in [0.1, 0.15) is 22.5 Å². The maximum Gasteiger partial charge on any atom is 0.261 e. The minimum atomic E-state index is -0.252. The number of fused-ring (bicyclic) bond motifs is 3. The van der Waals surface area contributed by atoms with E-state index >= 15 is 0 Å². The van der Waals surface area contributed by atoms with E-state index in [1.807, 2.05) is 42.5 Å². The first-order valence-corrected chi connectivity index (χ1v) is 11.0.